The lowest BCUT2D eigenvalue weighted by molar-refractivity contribution is 0.0501. The molecule has 1 aliphatic rings. The van der Waals surface area contributed by atoms with Crippen molar-refractivity contribution >= 4 is 11.9 Å². The molecule has 0 amide bonds. The molecule has 1 unspecified atom stereocenters. The Bertz CT molecular complexity index is 1480. The topological polar surface area (TPSA) is 128 Å². The molecular formula is C24H22FN3O8. The lowest BCUT2D eigenvalue weighted by atomic mass is 10.1. The number of aromatic nitrogens is 3. The predicted molar refractivity (Wildman–Crippen MR) is 123 cm³/mol. The van der Waals surface area contributed by atoms with Gasteiger partial charge < -0.3 is 14.2 Å². The third-order valence-electron chi connectivity index (χ3n) is 5.45. The van der Waals surface area contributed by atoms with Crippen LogP contribution in [0, 0.1) is 5.82 Å². The standard InChI is InChI=1S/C24H22FN3O8/c1-2-34-14-26-9-8-17(12-19(26)29)36-23(32)16-6-3-5-15(11-16)21(30)28-22(31)18(25)13-27(24(28)33)20-7-4-10-35-20/h3,5-6,8-9,11-13,20H,2,4,7,10,14H2,1H3. The molecule has 11 nitrogen and oxygen atoms in total. The summed E-state index contributed by atoms with van der Waals surface area (Å²) in [5.74, 6) is -3.34. The van der Waals surface area contributed by atoms with Crippen molar-refractivity contribution < 1.29 is 28.2 Å². The molecule has 0 radical (unpaired) electrons. The van der Waals surface area contributed by atoms with E-state index in [9.17, 15) is 28.4 Å². The van der Waals surface area contributed by atoms with Gasteiger partial charge in [0.1, 0.15) is 18.7 Å². The van der Waals surface area contributed by atoms with Crippen LogP contribution in [0.25, 0.3) is 0 Å². The van der Waals surface area contributed by atoms with Crippen molar-refractivity contribution in [1.82, 2.24) is 13.7 Å². The van der Waals surface area contributed by atoms with Crippen LogP contribution < -0.4 is 21.5 Å². The monoisotopic (exact) mass is 499 g/mol. The number of hydrogen-bond donors (Lipinski definition) is 0. The van der Waals surface area contributed by atoms with Crippen molar-refractivity contribution in [1.29, 1.82) is 0 Å². The summed E-state index contributed by atoms with van der Waals surface area (Å²) in [5, 5.41) is 0. The highest BCUT2D eigenvalue weighted by atomic mass is 19.1. The third kappa shape index (κ3) is 5.09. The number of ether oxygens (including phenoxy) is 3. The SMILES string of the molecule is CCOCn1ccc(OC(=O)c2cccc(C(=O)n3c(=O)c(F)cn(C4CCCO4)c3=O)c2)cc1=O. The minimum absolute atomic E-state index is 0.0322. The summed E-state index contributed by atoms with van der Waals surface area (Å²) >= 11 is 0. The highest BCUT2D eigenvalue weighted by molar-refractivity contribution is 5.99. The van der Waals surface area contributed by atoms with E-state index in [2.05, 4.69) is 0 Å². The smallest absolute Gasteiger partial charge is 0.343 e. The van der Waals surface area contributed by atoms with Gasteiger partial charge in [0, 0.05) is 31.0 Å². The van der Waals surface area contributed by atoms with Gasteiger partial charge in [0.15, 0.2) is 0 Å². The van der Waals surface area contributed by atoms with Gasteiger partial charge in [-0.15, -0.1) is 0 Å². The lowest BCUT2D eigenvalue weighted by Crippen LogP contribution is -2.46. The number of rotatable bonds is 7. The first-order chi connectivity index (χ1) is 17.3. The molecule has 1 atom stereocenters. The first-order valence-electron chi connectivity index (χ1n) is 11.1. The summed E-state index contributed by atoms with van der Waals surface area (Å²) in [6.07, 6.45) is 2.38. The van der Waals surface area contributed by atoms with Crippen molar-refractivity contribution in [3.8, 4) is 5.75 Å². The second-order valence-electron chi connectivity index (χ2n) is 7.84. The summed E-state index contributed by atoms with van der Waals surface area (Å²) in [6.45, 7) is 2.60. The molecule has 0 bridgehead atoms. The van der Waals surface area contributed by atoms with Crippen LogP contribution in [0.5, 0.6) is 5.75 Å². The molecule has 36 heavy (non-hydrogen) atoms. The van der Waals surface area contributed by atoms with Gasteiger partial charge in [-0.25, -0.2) is 9.59 Å². The Labute approximate surface area is 202 Å². The fourth-order valence-corrected chi connectivity index (χ4v) is 3.63. The van der Waals surface area contributed by atoms with Crippen LogP contribution in [0.15, 0.2) is 63.2 Å². The molecule has 12 heteroatoms. The number of halogens is 1. The summed E-state index contributed by atoms with van der Waals surface area (Å²) in [6, 6.07) is 7.55. The molecule has 0 spiro atoms. The molecule has 1 fully saturated rings. The van der Waals surface area contributed by atoms with Gasteiger partial charge in [0.25, 0.3) is 17.0 Å². The van der Waals surface area contributed by atoms with Crippen LogP contribution in [-0.2, 0) is 16.2 Å². The van der Waals surface area contributed by atoms with Crippen molar-refractivity contribution in [2.24, 2.45) is 0 Å². The molecule has 4 rings (SSSR count). The number of nitrogens with zero attached hydrogens (tertiary/aromatic N) is 3. The van der Waals surface area contributed by atoms with Gasteiger partial charge >= 0.3 is 11.7 Å². The maximum atomic E-state index is 14.3. The molecule has 0 N–H and O–H groups in total. The van der Waals surface area contributed by atoms with Crippen LogP contribution in [0.3, 0.4) is 0 Å². The van der Waals surface area contributed by atoms with Crippen molar-refractivity contribution in [3.63, 3.8) is 0 Å². The van der Waals surface area contributed by atoms with E-state index >= 15 is 0 Å². The Morgan fingerprint density at radius 1 is 1.14 bits per heavy atom. The highest BCUT2D eigenvalue weighted by Gasteiger charge is 2.25. The third-order valence-corrected chi connectivity index (χ3v) is 5.45. The molecule has 0 aliphatic carbocycles. The molecule has 1 saturated heterocycles. The molecule has 3 heterocycles. The largest absolute Gasteiger partial charge is 0.423 e. The van der Waals surface area contributed by atoms with Crippen LogP contribution in [0.1, 0.15) is 46.7 Å². The van der Waals surface area contributed by atoms with Crippen molar-refractivity contribution in [2.45, 2.75) is 32.7 Å². The molecule has 3 aromatic rings. The zero-order valence-electron chi connectivity index (χ0n) is 19.2. The average molecular weight is 499 g/mol. The second kappa shape index (κ2) is 10.6. The molecule has 2 aromatic heterocycles. The Hall–Kier alpha value is -4.16. The Morgan fingerprint density at radius 2 is 1.92 bits per heavy atom. The van der Waals surface area contributed by atoms with E-state index in [0.29, 0.717) is 26.1 Å². The lowest BCUT2D eigenvalue weighted by Gasteiger charge is -2.15. The van der Waals surface area contributed by atoms with E-state index in [1.54, 1.807) is 6.92 Å². The van der Waals surface area contributed by atoms with Crippen LogP contribution in [-0.4, -0.2) is 38.8 Å². The predicted octanol–water partition coefficient (Wildman–Crippen LogP) is 1.52. The Kier molecular flexibility index (Phi) is 7.36. The second-order valence-corrected chi connectivity index (χ2v) is 7.84. The highest BCUT2D eigenvalue weighted by Crippen LogP contribution is 2.21. The van der Waals surface area contributed by atoms with Gasteiger partial charge in [-0.3, -0.25) is 23.5 Å². The molecule has 0 saturated carbocycles. The van der Waals surface area contributed by atoms with Crippen molar-refractivity contribution in [2.75, 3.05) is 13.2 Å². The molecular weight excluding hydrogens is 477 g/mol. The molecule has 188 valence electrons. The van der Waals surface area contributed by atoms with E-state index < -0.39 is 40.7 Å². The van der Waals surface area contributed by atoms with Gasteiger partial charge in [-0.05, 0) is 44.0 Å². The minimum atomic E-state index is -1.42. The van der Waals surface area contributed by atoms with Crippen LogP contribution in [0.2, 0.25) is 0 Å². The number of benzene rings is 1. The van der Waals surface area contributed by atoms with E-state index in [0.717, 1.165) is 22.9 Å². The number of carbonyl (C=O) groups excluding carboxylic acids is 2. The summed E-state index contributed by atoms with van der Waals surface area (Å²) < 4.78 is 32.4. The summed E-state index contributed by atoms with van der Waals surface area (Å²) in [4.78, 5) is 63.0. The first-order valence-corrected chi connectivity index (χ1v) is 11.1. The van der Waals surface area contributed by atoms with E-state index in [4.69, 9.17) is 14.2 Å². The number of pyridine rings is 1. The van der Waals surface area contributed by atoms with Gasteiger partial charge in [0.2, 0.25) is 5.82 Å². The Morgan fingerprint density at radius 3 is 2.61 bits per heavy atom. The summed E-state index contributed by atoms with van der Waals surface area (Å²) in [5.41, 5.74) is -3.24. The van der Waals surface area contributed by atoms with E-state index in [1.807, 2.05) is 0 Å². The number of hydrogen-bond acceptors (Lipinski definition) is 8. The Balaban J connectivity index is 1.60. The van der Waals surface area contributed by atoms with Gasteiger partial charge in [-0.1, -0.05) is 6.07 Å². The minimum Gasteiger partial charge on any atom is -0.423 e. The zero-order chi connectivity index (χ0) is 25.8. The molecule has 1 aromatic carbocycles. The summed E-state index contributed by atoms with van der Waals surface area (Å²) in [7, 11) is 0. The zero-order valence-corrected chi connectivity index (χ0v) is 19.2. The normalized spacial score (nSPS) is 15.1. The maximum Gasteiger partial charge on any atom is 0.343 e. The van der Waals surface area contributed by atoms with Crippen molar-refractivity contribution in [3.05, 3.63) is 96.9 Å². The molecule has 1 aliphatic heterocycles. The first kappa shape index (κ1) is 24.9. The number of esters is 1. The average Bonchev–Trinajstić information content (AvgIpc) is 3.40. The quantitative estimate of drug-likeness (QED) is 0.448. The van der Waals surface area contributed by atoms with Crippen LogP contribution in [0.4, 0.5) is 4.39 Å². The van der Waals surface area contributed by atoms with Gasteiger partial charge in [0.05, 0.1) is 11.8 Å². The van der Waals surface area contributed by atoms with E-state index in [1.165, 1.54) is 35.0 Å². The number of carbonyl (C=O) groups is 2. The van der Waals surface area contributed by atoms with Gasteiger partial charge in [-0.2, -0.15) is 8.96 Å². The van der Waals surface area contributed by atoms with E-state index in [-0.39, 0.29) is 28.2 Å². The van der Waals surface area contributed by atoms with Crippen LogP contribution >= 0.6 is 0 Å². The maximum absolute atomic E-state index is 14.3. The fourth-order valence-electron chi connectivity index (χ4n) is 3.63. The fraction of sp³-hybridized carbons (Fsp3) is 0.292.